The SMILES string of the molecule is CC(C)(C)OC(=O)NCCNCC(=O)N1CCC(c2ccc(Nc3nc(N4CCCCC4)cnc3C(N)=O)cc2)CC1. The Labute approximate surface area is 247 Å². The highest BCUT2D eigenvalue weighted by molar-refractivity contribution is 5.96. The summed E-state index contributed by atoms with van der Waals surface area (Å²) in [5, 5.41) is 9.01. The fourth-order valence-corrected chi connectivity index (χ4v) is 5.23. The predicted molar refractivity (Wildman–Crippen MR) is 162 cm³/mol. The molecule has 12 nitrogen and oxygen atoms in total. The Kier molecular flexibility index (Phi) is 10.6. The molecule has 42 heavy (non-hydrogen) atoms. The van der Waals surface area contributed by atoms with Crippen molar-refractivity contribution >= 4 is 35.2 Å². The van der Waals surface area contributed by atoms with Crippen molar-refractivity contribution in [1.82, 2.24) is 25.5 Å². The van der Waals surface area contributed by atoms with Crippen molar-refractivity contribution < 1.29 is 19.1 Å². The molecule has 0 radical (unpaired) electrons. The number of carbonyl (C=O) groups excluding carboxylic acids is 3. The number of hydrogen-bond acceptors (Lipinski definition) is 9. The number of benzene rings is 1. The number of likely N-dealkylation sites (tertiary alicyclic amines) is 1. The molecule has 2 aliphatic heterocycles. The molecule has 4 rings (SSSR count). The van der Waals surface area contributed by atoms with Gasteiger partial charge in [-0.1, -0.05) is 12.1 Å². The number of nitrogens with zero attached hydrogens (tertiary/aromatic N) is 4. The quantitative estimate of drug-likeness (QED) is 0.310. The Hall–Kier alpha value is -3.93. The topological polar surface area (TPSA) is 155 Å². The number of carbonyl (C=O) groups is 3. The zero-order valence-electron chi connectivity index (χ0n) is 24.9. The lowest BCUT2D eigenvalue weighted by molar-refractivity contribution is -0.131. The van der Waals surface area contributed by atoms with E-state index in [4.69, 9.17) is 10.5 Å². The summed E-state index contributed by atoms with van der Waals surface area (Å²) in [5.74, 6) is 0.897. The largest absolute Gasteiger partial charge is 0.444 e. The standard InChI is InChI=1S/C30H44N8O4/c1-30(2,3)42-29(41)33-14-13-32-20-25(39)38-17-11-22(12-18-38)21-7-9-23(10-8-21)35-28-26(27(31)40)34-19-24(36-28)37-15-5-4-6-16-37/h7-10,19,22,32H,4-6,11-18,20H2,1-3H3,(H2,31,40)(H,33,41)(H,35,36). The summed E-state index contributed by atoms with van der Waals surface area (Å²) in [7, 11) is 0. The Morgan fingerprint density at radius 3 is 2.33 bits per heavy atom. The normalized spacial score (nSPS) is 16.2. The molecular formula is C30H44N8O4. The summed E-state index contributed by atoms with van der Waals surface area (Å²) < 4.78 is 5.20. The van der Waals surface area contributed by atoms with E-state index in [-0.39, 0.29) is 18.1 Å². The van der Waals surface area contributed by atoms with Crippen LogP contribution in [-0.2, 0) is 9.53 Å². The minimum atomic E-state index is -0.624. The number of hydrogen-bond donors (Lipinski definition) is 4. The van der Waals surface area contributed by atoms with Crippen LogP contribution in [0.3, 0.4) is 0 Å². The molecule has 0 spiro atoms. The molecule has 1 aromatic carbocycles. The van der Waals surface area contributed by atoms with Gasteiger partial charge in [-0.2, -0.15) is 0 Å². The molecule has 2 fully saturated rings. The number of ether oxygens (including phenoxy) is 1. The summed E-state index contributed by atoms with van der Waals surface area (Å²) in [6, 6.07) is 8.11. The van der Waals surface area contributed by atoms with Crippen LogP contribution in [0.2, 0.25) is 0 Å². The van der Waals surface area contributed by atoms with E-state index in [1.54, 1.807) is 6.20 Å². The lowest BCUT2D eigenvalue weighted by Crippen LogP contribution is -2.44. The average Bonchev–Trinajstić information content (AvgIpc) is 2.97. The second-order valence-corrected chi connectivity index (χ2v) is 11.8. The Balaban J connectivity index is 1.23. The molecular weight excluding hydrogens is 536 g/mol. The summed E-state index contributed by atoms with van der Waals surface area (Å²) in [4.78, 5) is 49.4. The van der Waals surface area contributed by atoms with Gasteiger partial charge in [0.15, 0.2) is 11.5 Å². The van der Waals surface area contributed by atoms with Crippen LogP contribution in [0.5, 0.6) is 0 Å². The van der Waals surface area contributed by atoms with Crippen molar-refractivity contribution in [2.24, 2.45) is 5.73 Å². The maximum atomic E-state index is 12.6. The molecule has 12 heteroatoms. The number of alkyl carbamates (subject to hydrolysis) is 1. The van der Waals surface area contributed by atoms with E-state index in [2.05, 4.69) is 43.0 Å². The lowest BCUT2D eigenvalue weighted by atomic mass is 9.89. The van der Waals surface area contributed by atoms with Crippen molar-refractivity contribution in [2.75, 3.05) is 56.0 Å². The first-order valence-electron chi connectivity index (χ1n) is 14.8. The summed E-state index contributed by atoms with van der Waals surface area (Å²) >= 11 is 0. The molecule has 2 aromatic rings. The van der Waals surface area contributed by atoms with Gasteiger partial charge < -0.3 is 36.2 Å². The number of aromatic nitrogens is 2. The van der Waals surface area contributed by atoms with Crippen molar-refractivity contribution in [3.05, 3.63) is 41.7 Å². The van der Waals surface area contributed by atoms with Crippen LogP contribution in [0, 0.1) is 0 Å². The maximum Gasteiger partial charge on any atom is 0.407 e. The van der Waals surface area contributed by atoms with Gasteiger partial charge in [-0.3, -0.25) is 9.59 Å². The zero-order chi connectivity index (χ0) is 30.1. The molecule has 0 atom stereocenters. The van der Waals surface area contributed by atoms with Crippen LogP contribution in [0.25, 0.3) is 0 Å². The van der Waals surface area contributed by atoms with Crippen LogP contribution >= 0.6 is 0 Å². The van der Waals surface area contributed by atoms with Crippen LogP contribution in [-0.4, -0.2) is 84.2 Å². The van der Waals surface area contributed by atoms with E-state index in [0.717, 1.165) is 50.3 Å². The van der Waals surface area contributed by atoms with E-state index in [9.17, 15) is 14.4 Å². The minimum absolute atomic E-state index is 0.0587. The smallest absolute Gasteiger partial charge is 0.407 e. The van der Waals surface area contributed by atoms with Crippen molar-refractivity contribution in [3.63, 3.8) is 0 Å². The number of rotatable bonds is 10. The first-order chi connectivity index (χ1) is 20.1. The molecule has 0 saturated carbocycles. The fraction of sp³-hybridized carbons (Fsp3) is 0.567. The summed E-state index contributed by atoms with van der Waals surface area (Å²) in [6.45, 7) is 9.78. The first-order valence-corrected chi connectivity index (χ1v) is 14.8. The molecule has 5 N–H and O–H groups in total. The van der Waals surface area contributed by atoms with Crippen molar-refractivity contribution in [3.8, 4) is 0 Å². The van der Waals surface area contributed by atoms with E-state index >= 15 is 0 Å². The average molecular weight is 581 g/mol. The van der Waals surface area contributed by atoms with Crippen LogP contribution < -0.4 is 26.6 Å². The second-order valence-electron chi connectivity index (χ2n) is 11.8. The van der Waals surface area contributed by atoms with Crippen LogP contribution in [0.1, 0.15) is 74.8 Å². The highest BCUT2D eigenvalue weighted by atomic mass is 16.6. The zero-order valence-corrected chi connectivity index (χ0v) is 24.9. The van der Waals surface area contributed by atoms with Gasteiger partial charge in [-0.25, -0.2) is 14.8 Å². The van der Waals surface area contributed by atoms with E-state index in [1.165, 1.54) is 12.0 Å². The van der Waals surface area contributed by atoms with Gasteiger partial charge in [-0.05, 0) is 76.5 Å². The fourth-order valence-electron chi connectivity index (χ4n) is 5.23. The molecule has 228 valence electrons. The number of nitrogens with one attached hydrogen (secondary N) is 3. The Morgan fingerprint density at radius 2 is 1.69 bits per heavy atom. The van der Waals surface area contributed by atoms with Crippen LogP contribution in [0.4, 0.5) is 22.1 Å². The molecule has 0 unspecified atom stereocenters. The Bertz CT molecular complexity index is 1220. The van der Waals surface area contributed by atoms with Gasteiger partial charge in [0.1, 0.15) is 11.4 Å². The highest BCUT2D eigenvalue weighted by Crippen LogP contribution is 2.30. The second kappa shape index (κ2) is 14.3. The Morgan fingerprint density at radius 1 is 1.00 bits per heavy atom. The molecule has 1 aromatic heterocycles. The third kappa shape index (κ3) is 9.04. The molecule has 2 aliphatic rings. The predicted octanol–water partition coefficient (Wildman–Crippen LogP) is 3.13. The molecule has 0 bridgehead atoms. The van der Waals surface area contributed by atoms with E-state index in [0.29, 0.717) is 37.9 Å². The van der Waals surface area contributed by atoms with E-state index < -0.39 is 17.6 Å². The first kappa shape index (κ1) is 31.0. The van der Waals surface area contributed by atoms with Crippen molar-refractivity contribution in [2.45, 2.75) is 64.4 Å². The van der Waals surface area contributed by atoms with Gasteiger partial charge >= 0.3 is 6.09 Å². The number of primary amides is 1. The number of amides is 3. The van der Waals surface area contributed by atoms with Gasteiger partial charge in [-0.15, -0.1) is 0 Å². The molecule has 0 aliphatic carbocycles. The summed E-state index contributed by atoms with van der Waals surface area (Å²) in [5.41, 5.74) is 7.16. The number of nitrogens with two attached hydrogens (primary N) is 1. The third-order valence-electron chi connectivity index (χ3n) is 7.41. The molecule has 3 heterocycles. The van der Waals surface area contributed by atoms with Crippen LogP contribution in [0.15, 0.2) is 30.5 Å². The minimum Gasteiger partial charge on any atom is -0.444 e. The molecule has 2 saturated heterocycles. The maximum absolute atomic E-state index is 12.6. The third-order valence-corrected chi connectivity index (χ3v) is 7.41. The number of anilines is 3. The van der Waals surface area contributed by atoms with Gasteiger partial charge in [0.25, 0.3) is 5.91 Å². The lowest BCUT2D eigenvalue weighted by Gasteiger charge is -2.32. The van der Waals surface area contributed by atoms with Gasteiger partial charge in [0, 0.05) is 45.0 Å². The molecule has 3 amide bonds. The summed E-state index contributed by atoms with van der Waals surface area (Å²) in [6.07, 6.45) is 6.36. The highest BCUT2D eigenvalue weighted by Gasteiger charge is 2.24. The van der Waals surface area contributed by atoms with E-state index in [1.807, 2.05) is 37.8 Å². The monoisotopic (exact) mass is 580 g/mol. The number of piperidine rings is 2. The van der Waals surface area contributed by atoms with Gasteiger partial charge in [0.2, 0.25) is 5.91 Å². The van der Waals surface area contributed by atoms with Gasteiger partial charge in [0.05, 0.1) is 12.7 Å². The van der Waals surface area contributed by atoms with Crippen molar-refractivity contribution in [1.29, 1.82) is 0 Å².